The number of benzene rings is 3. The van der Waals surface area contributed by atoms with E-state index in [4.69, 9.17) is 5.73 Å². The third-order valence-corrected chi connectivity index (χ3v) is 3.87. The second-order valence-corrected chi connectivity index (χ2v) is 5.72. The molecule has 3 aromatic rings. The molecule has 3 heteroatoms. The first-order valence-corrected chi connectivity index (χ1v) is 7.57. The largest absolute Gasteiger partial charge is 0.504 e. The molecule has 3 aromatic carbocycles. The molecule has 0 radical (unpaired) electrons. The summed E-state index contributed by atoms with van der Waals surface area (Å²) in [4.78, 5) is 2.00. The van der Waals surface area contributed by atoms with Gasteiger partial charge >= 0.3 is 0 Å². The Morgan fingerprint density at radius 1 is 0.739 bits per heavy atom. The summed E-state index contributed by atoms with van der Waals surface area (Å²) >= 11 is 0. The van der Waals surface area contributed by atoms with Crippen molar-refractivity contribution in [3.8, 4) is 5.75 Å². The molecule has 0 saturated heterocycles. The van der Waals surface area contributed by atoms with Crippen LogP contribution in [0.5, 0.6) is 5.75 Å². The van der Waals surface area contributed by atoms with E-state index in [1.54, 1.807) is 6.07 Å². The average Bonchev–Trinajstić information content (AvgIpc) is 2.55. The Hall–Kier alpha value is -2.94. The average molecular weight is 304 g/mol. The fourth-order valence-corrected chi connectivity index (χ4v) is 2.54. The SMILES string of the molecule is Cc1ccc(N(c2ccc(C)cc2)c2cccc(N)c2O)cc1. The Balaban J connectivity index is 2.19. The molecule has 3 N–H and O–H groups in total. The Morgan fingerprint density at radius 3 is 1.70 bits per heavy atom. The molecule has 23 heavy (non-hydrogen) atoms. The van der Waals surface area contributed by atoms with E-state index in [1.165, 1.54) is 11.1 Å². The molecule has 0 fully saturated rings. The van der Waals surface area contributed by atoms with Gasteiger partial charge in [0.1, 0.15) is 0 Å². The number of phenolic OH excluding ortho intramolecular Hbond substituents is 1. The van der Waals surface area contributed by atoms with Gasteiger partial charge in [-0.05, 0) is 50.2 Å². The van der Waals surface area contributed by atoms with Crippen molar-refractivity contribution in [3.05, 3.63) is 77.9 Å². The molecule has 0 spiro atoms. The van der Waals surface area contributed by atoms with Crippen LogP contribution in [0.15, 0.2) is 66.7 Å². The van der Waals surface area contributed by atoms with E-state index in [0.29, 0.717) is 11.4 Å². The summed E-state index contributed by atoms with van der Waals surface area (Å²) in [5.74, 6) is 0.0913. The maximum atomic E-state index is 10.4. The summed E-state index contributed by atoms with van der Waals surface area (Å²) in [6, 6.07) is 21.8. The lowest BCUT2D eigenvalue weighted by atomic mass is 10.1. The van der Waals surface area contributed by atoms with Crippen LogP contribution in [-0.2, 0) is 0 Å². The minimum atomic E-state index is 0.0913. The zero-order valence-corrected chi connectivity index (χ0v) is 13.3. The zero-order valence-electron chi connectivity index (χ0n) is 13.3. The van der Waals surface area contributed by atoms with Crippen molar-refractivity contribution < 1.29 is 5.11 Å². The van der Waals surface area contributed by atoms with Gasteiger partial charge in [0.05, 0.1) is 11.4 Å². The van der Waals surface area contributed by atoms with Crippen LogP contribution in [0.3, 0.4) is 0 Å². The van der Waals surface area contributed by atoms with Crippen molar-refractivity contribution in [2.75, 3.05) is 10.6 Å². The number of aryl methyl sites for hydroxylation is 2. The van der Waals surface area contributed by atoms with E-state index < -0.39 is 0 Å². The normalized spacial score (nSPS) is 10.5. The fourth-order valence-electron chi connectivity index (χ4n) is 2.54. The highest BCUT2D eigenvalue weighted by molar-refractivity contribution is 5.83. The van der Waals surface area contributed by atoms with E-state index in [-0.39, 0.29) is 5.75 Å². The first-order valence-electron chi connectivity index (χ1n) is 7.57. The van der Waals surface area contributed by atoms with Gasteiger partial charge in [0.25, 0.3) is 0 Å². The third kappa shape index (κ3) is 2.99. The number of nitrogens with two attached hydrogens (primary N) is 1. The van der Waals surface area contributed by atoms with Crippen molar-refractivity contribution in [1.82, 2.24) is 0 Å². The molecule has 0 aliphatic rings. The summed E-state index contributed by atoms with van der Waals surface area (Å²) in [6.07, 6.45) is 0. The lowest BCUT2D eigenvalue weighted by Crippen LogP contribution is -2.10. The molecule has 3 rings (SSSR count). The quantitative estimate of drug-likeness (QED) is 0.525. The second kappa shape index (κ2) is 6.05. The smallest absolute Gasteiger partial charge is 0.162 e. The van der Waals surface area contributed by atoms with E-state index in [0.717, 1.165) is 11.4 Å². The number of phenols is 1. The highest BCUT2D eigenvalue weighted by Gasteiger charge is 2.16. The summed E-state index contributed by atoms with van der Waals surface area (Å²) in [7, 11) is 0. The Labute approximate surface area is 136 Å². The van der Waals surface area contributed by atoms with Crippen LogP contribution in [-0.4, -0.2) is 5.11 Å². The van der Waals surface area contributed by atoms with Gasteiger partial charge in [-0.25, -0.2) is 0 Å². The molecular weight excluding hydrogens is 284 g/mol. The first kappa shape index (κ1) is 15.0. The van der Waals surface area contributed by atoms with Gasteiger partial charge in [0.15, 0.2) is 5.75 Å². The number of para-hydroxylation sites is 1. The van der Waals surface area contributed by atoms with Gasteiger partial charge in [-0.15, -0.1) is 0 Å². The van der Waals surface area contributed by atoms with Crippen molar-refractivity contribution in [3.63, 3.8) is 0 Å². The molecule has 0 unspecified atom stereocenters. The van der Waals surface area contributed by atoms with Gasteiger partial charge in [0, 0.05) is 11.4 Å². The van der Waals surface area contributed by atoms with Crippen molar-refractivity contribution in [2.45, 2.75) is 13.8 Å². The predicted octanol–water partition coefficient (Wildman–Crippen LogP) is 5.06. The van der Waals surface area contributed by atoms with Gasteiger partial charge in [-0.2, -0.15) is 0 Å². The molecule has 0 aromatic heterocycles. The van der Waals surface area contributed by atoms with Gasteiger partial charge in [-0.3, -0.25) is 0 Å². The van der Waals surface area contributed by atoms with Crippen LogP contribution in [0.25, 0.3) is 0 Å². The van der Waals surface area contributed by atoms with Crippen LogP contribution >= 0.6 is 0 Å². The number of hydrogen-bond donors (Lipinski definition) is 2. The van der Waals surface area contributed by atoms with Crippen LogP contribution in [0.1, 0.15) is 11.1 Å². The third-order valence-electron chi connectivity index (χ3n) is 3.87. The predicted molar refractivity (Wildman–Crippen MR) is 96.7 cm³/mol. The Kier molecular flexibility index (Phi) is 3.94. The van der Waals surface area contributed by atoms with E-state index in [2.05, 4.69) is 38.1 Å². The monoisotopic (exact) mass is 304 g/mol. The molecule has 3 nitrogen and oxygen atoms in total. The van der Waals surface area contributed by atoms with Crippen molar-refractivity contribution in [2.24, 2.45) is 0 Å². The fraction of sp³-hybridized carbons (Fsp3) is 0.100. The van der Waals surface area contributed by atoms with Crippen molar-refractivity contribution >= 4 is 22.7 Å². The molecule has 116 valence electrons. The molecule has 0 bridgehead atoms. The number of aromatic hydroxyl groups is 1. The van der Waals surface area contributed by atoms with Crippen LogP contribution in [0.4, 0.5) is 22.7 Å². The van der Waals surface area contributed by atoms with E-state index in [1.807, 2.05) is 41.3 Å². The summed E-state index contributed by atoms with van der Waals surface area (Å²) in [6.45, 7) is 4.11. The standard InChI is InChI=1S/C20H20N2O/c1-14-6-10-16(11-7-14)22(17-12-8-15(2)9-13-17)19-5-3-4-18(21)20(19)23/h3-13,23H,21H2,1-2H3. The van der Waals surface area contributed by atoms with Crippen LogP contribution in [0, 0.1) is 13.8 Å². The topological polar surface area (TPSA) is 49.5 Å². The molecule has 0 aliphatic heterocycles. The second-order valence-electron chi connectivity index (χ2n) is 5.72. The van der Waals surface area contributed by atoms with Gasteiger partial charge in [0.2, 0.25) is 0 Å². The molecule has 0 amide bonds. The highest BCUT2D eigenvalue weighted by atomic mass is 16.3. The number of nitrogen functional groups attached to an aromatic ring is 1. The molecular formula is C20H20N2O. The molecule has 0 heterocycles. The minimum absolute atomic E-state index is 0.0913. The van der Waals surface area contributed by atoms with Crippen LogP contribution < -0.4 is 10.6 Å². The molecule has 0 aliphatic carbocycles. The Morgan fingerprint density at radius 2 is 1.22 bits per heavy atom. The highest BCUT2D eigenvalue weighted by Crippen LogP contribution is 2.41. The number of hydrogen-bond acceptors (Lipinski definition) is 3. The van der Waals surface area contributed by atoms with E-state index in [9.17, 15) is 5.11 Å². The summed E-state index contributed by atoms with van der Waals surface area (Å²) in [5.41, 5.74) is 11.2. The Bertz CT molecular complexity index is 763. The maximum absolute atomic E-state index is 10.4. The van der Waals surface area contributed by atoms with Gasteiger partial charge < -0.3 is 15.7 Å². The zero-order chi connectivity index (χ0) is 16.4. The molecule has 0 saturated carbocycles. The number of nitrogens with zero attached hydrogens (tertiary/aromatic N) is 1. The minimum Gasteiger partial charge on any atom is -0.504 e. The van der Waals surface area contributed by atoms with Gasteiger partial charge in [-0.1, -0.05) is 41.5 Å². The molecule has 0 atom stereocenters. The maximum Gasteiger partial charge on any atom is 0.162 e. The number of anilines is 4. The lowest BCUT2D eigenvalue weighted by molar-refractivity contribution is 0.479. The van der Waals surface area contributed by atoms with E-state index >= 15 is 0 Å². The van der Waals surface area contributed by atoms with Crippen LogP contribution in [0.2, 0.25) is 0 Å². The first-order chi connectivity index (χ1) is 11.1. The lowest BCUT2D eigenvalue weighted by Gasteiger charge is -2.26. The number of rotatable bonds is 3. The summed E-state index contributed by atoms with van der Waals surface area (Å²) in [5, 5.41) is 10.4. The van der Waals surface area contributed by atoms with Crippen molar-refractivity contribution in [1.29, 1.82) is 0 Å². The summed E-state index contributed by atoms with van der Waals surface area (Å²) < 4.78 is 0.